The summed E-state index contributed by atoms with van der Waals surface area (Å²) in [5.74, 6) is 0. The topological polar surface area (TPSA) is 29.3 Å². The van der Waals surface area contributed by atoms with Crippen molar-refractivity contribution in [3.8, 4) is 0 Å². The van der Waals surface area contributed by atoms with Gasteiger partial charge in [0, 0.05) is 24.0 Å². The van der Waals surface area contributed by atoms with Crippen LogP contribution in [0.15, 0.2) is 18.2 Å². The lowest BCUT2D eigenvalue weighted by Gasteiger charge is -2.31. The summed E-state index contributed by atoms with van der Waals surface area (Å²) in [5, 5.41) is 0. The molecule has 1 aromatic carbocycles. The fraction of sp³-hybridized carbons (Fsp3) is 0.600. The standard InChI is InChI=1S/C15H26N2/c1-5-7-10-17(13(4)6-2)14-8-9-15(16)12(3)11-14/h8-9,11,13H,5-7,10,16H2,1-4H3. The van der Waals surface area contributed by atoms with Crippen LogP contribution in [0.5, 0.6) is 0 Å². The van der Waals surface area contributed by atoms with Crippen LogP contribution in [0.4, 0.5) is 11.4 Å². The first-order chi connectivity index (χ1) is 8.10. The van der Waals surface area contributed by atoms with Gasteiger partial charge in [-0.1, -0.05) is 20.3 Å². The van der Waals surface area contributed by atoms with Crippen LogP contribution in [-0.4, -0.2) is 12.6 Å². The van der Waals surface area contributed by atoms with Crippen LogP contribution in [0, 0.1) is 6.92 Å². The van der Waals surface area contributed by atoms with E-state index in [0.717, 1.165) is 12.2 Å². The molecule has 2 heteroatoms. The summed E-state index contributed by atoms with van der Waals surface area (Å²) in [7, 11) is 0. The fourth-order valence-electron chi connectivity index (χ4n) is 1.99. The number of hydrogen-bond donors (Lipinski definition) is 1. The molecule has 0 amide bonds. The van der Waals surface area contributed by atoms with Crippen LogP contribution in [0.1, 0.15) is 45.6 Å². The second kappa shape index (κ2) is 6.53. The lowest BCUT2D eigenvalue weighted by molar-refractivity contribution is 0.595. The third-order valence-electron chi connectivity index (χ3n) is 3.46. The number of unbranched alkanes of at least 4 members (excludes halogenated alkanes) is 1. The largest absolute Gasteiger partial charge is 0.399 e. The maximum absolute atomic E-state index is 5.88. The van der Waals surface area contributed by atoms with E-state index in [0.29, 0.717) is 6.04 Å². The maximum atomic E-state index is 5.88. The van der Waals surface area contributed by atoms with Crippen molar-refractivity contribution in [3.05, 3.63) is 23.8 Å². The maximum Gasteiger partial charge on any atom is 0.0372 e. The molecule has 1 unspecified atom stereocenters. The highest BCUT2D eigenvalue weighted by molar-refractivity contribution is 5.58. The average Bonchev–Trinajstić information content (AvgIpc) is 2.33. The Morgan fingerprint density at radius 1 is 1.29 bits per heavy atom. The van der Waals surface area contributed by atoms with Crippen molar-refractivity contribution in [1.82, 2.24) is 0 Å². The zero-order chi connectivity index (χ0) is 12.8. The first-order valence-corrected chi connectivity index (χ1v) is 6.72. The highest BCUT2D eigenvalue weighted by Crippen LogP contribution is 2.23. The normalized spacial score (nSPS) is 12.5. The second-order valence-electron chi connectivity index (χ2n) is 4.85. The van der Waals surface area contributed by atoms with Gasteiger partial charge in [-0.05, 0) is 50.5 Å². The fourth-order valence-corrected chi connectivity index (χ4v) is 1.99. The Bertz CT molecular complexity index is 347. The second-order valence-corrected chi connectivity index (χ2v) is 4.85. The predicted octanol–water partition coefficient (Wildman–Crippen LogP) is 3.98. The minimum atomic E-state index is 0.588. The van der Waals surface area contributed by atoms with Crippen LogP contribution < -0.4 is 10.6 Å². The molecule has 0 aliphatic rings. The van der Waals surface area contributed by atoms with Crippen LogP contribution in [0.3, 0.4) is 0 Å². The van der Waals surface area contributed by atoms with Gasteiger partial charge in [-0.15, -0.1) is 0 Å². The van der Waals surface area contributed by atoms with Crippen molar-refractivity contribution in [1.29, 1.82) is 0 Å². The lowest BCUT2D eigenvalue weighted by Crippen LogP contribution is -2.33. The SMILES string of the molecule is CCCCN(c1ccc(N)c(C)c1)C(C)CC. The Balaban J connectivity index is 2.91. The molecule has 1 atom stereocenters. The molecule has 1 rings (SSSR count). The van der Waals surface area contributed by atoms with E-state index in [1.54, 1.807) is 0 Å². The number of hydrogen-bond acceptors (Lipinski definition) is 2. The third kappa shape index (κ3) is 3.65. The van der Waals surface area contributed by atoms with Crippen LogP contribution in [0.2, 0.25) is 0 Å². The van der Waals surface area contributed by atoms with Gasteiger partial charge in [-0.3, -0.25) is 0 Å². The van der Waals surface area contributed by atoms with E-state index in [4.69, 9.17) is 5.73 Å². The minimum absolute atomic E-state index is 0.588. The molecular formula is C15H26N2. The highest BCUT2D eigenvalue weighted by Gasteiger charge is 2.12. The van der Waals surface area contributed by atoms with Gasteiger partial charge >= 0.3 is 0 Å². The Kier molecular flexibility index (Phi) is 5.33. The van der Waals surface area contributed by atoms with Gasteiger partial charge in [0.1, 0.15) is 0 Å². The first kappa shape index (κ1) is 13.9. The Hall–Kier alpha value is -1.18. The van der Waals surface area contributed by atoms with Gasteiger partial charge in [-0.25, -0.2) is 0 Å². The summed E-state index contributed by atoms with van der Waals surface area (Å²) in [6.45, 7) is 9.99. The molecule has 2 N–H and O–H groups in total. The summed E-state index contributed by atoms with van der Waals surface area (Å²) in [5.41, 5.74) is 9.24. The quantitative estimate of drug-likeness (QED) is 0.754. The molecule has 0 radical (unpaired) electrons. The van der Waals surface area contributed by atoms with Crippen molar-refractivity contribution in [2.75, 3.05) is 17.2 Å². The van der Waals surface area contributed by atoms with Crippen molar-refractivity contribution in [2.24, 2.45) is 0 Å². The number of nitrogen functional groups attached to an aromatic ring is 1. The van der Waals surface area contributed by atoms with Crippen LogP contribution >= 0.6 is 0 Å². The van der Waals surface area contributed by atoms with E-state index in [9.17, 15) is 0 Å². The van der Waals surface area contributed by atoms with Crippen molar-refractivity contribution in [2.45, 2.75) is 53.0 Å². The highest BCUT2D eigenvalue weighted by atomic mass is 15.2. The zero-order valence-electron chi connectivity index (χ0n) is 11.7. The van der Waals surface area contributed by atoms with E-state index in [1.807, 2.05) is 6.07 Å². The molecule has 0 saturated carbocycles. The monoisotopic (exact) mass is 234 g/mol. The molecule has 0 saturated heterocycles. The van der Waals surface area contributed by atoms with E-state index in [-0.39, 0.29) is 0 Å². The van der Waals surface area contributed by atoms with E-state index < -0.39 is 0 Å². The molecule has 0 heterocycles. The number of nitrogens with zero attached hydrogens (tertiary/aromatic N) is 1. The molecule has 0 bridgehead atoms. The van der Waals surface area contributed by atoms with Gasteiger partial charge in [-0.2, -0.15) is 0 Å². The molecule has 2 nitrogen and oxygen atoms in total. The van der Waals surface area contributed by atoms with Crippen molar-refractivity contribution < 1.29 is 0 Å². The van der Waals surface area contributed by atoms with Crippen molar-refractivity contribution >= 4 is 11.4 Å². The van der Waals surface area contributed by atoms with Crippen LogP contribution in [0.25, 0.3) is 0 Å². The number of rotatable bonds is 6. The van der Waals surface area contributed by atoms with Crippen molar-refractivity contribution in [3.63, 3.8) is 0 Å². The molecule has 1 aromatic rings. The van der Waals surface area contributed by atoms with E-state index in [1.165, 1.54) is 30.5 Å². The molecule has 96 valence electrons. The summed E-state index contributed by atoms with van der Waals surface area (Å²) < 4.78 is 0. The first-order valence-electron chi connectivity index (χ1n) is 6.72. The molecule has 0 aromatic heterocycles. The lowest BCUT2D eigenvalue weighted by atomic mass is 10.1. The summed E-state index contributed by atoms with van der Waals surface area (Å²) in [4.78, 5) is 2.50. The summed E-state index contributed by atoms with van der Waals surface area (Å²) >= 11 is 0. The van der Waals surface area contributed by atoms with Gasteiger partial charge in [0.05, 0.1) is 0 Å². The smallest absolute Gasteiger partial charge is 0.0372 e. The number of nitrogens with two attached hydrogens (primary N) is 1. The van der Waals surface area contributed by atoms with Gasteiger partial charge in [0.15, 0.2) is 0 Å². The van der Waals surface area contributed by atoms with E-state index in [2.05, 4.69) is 44.7 Å². The molecule has 0 fully saturated rings. The third-order valence-corrected chi connectivity index (χ3v) is 3.46. The summed E-state index contributed by atoms with van der Waals surface area (Å²) in [6.07, 6.45) is 3.65. The molecular weight excluding hydrogens is 208 g/mol. The Morgan fingerprint density at radius 2 is 2.00 bits per heavy atom. The predicted molar refractivity (Wildman–Crippen MR) is 77.6 cm³/mol. The van der Waals surface area contributed by atoms with Gasteiger partial charge in [0.25, 0.3) is 0 Å². The summed E-state index contributed by atoms with van der Waals surface area (Å²) in [6, 6.07) is 6.96. The number of aryl methyl sites for hydroxylation is 1. The minimum Gasteiger partial charge on any atom is -0.399 e. The van der Waals surface area contributed by atoms with Gasteiger partial charge in [0.2, 0.25) is 0 Å². The average molecular weight is 234 g/mol. The van der Waals surface area contributed by atoms with E-state index >= 15 is 0 Å². The number of benzene rings is 1. The Morgan fingerprint density at radius 3 is 2.53 bits per heavy atom. The molecule has 0 spiro atoms. The molecule has 0 aliphatic heterocycles. The Labute approximate surface area is 106 Å². The molecule has 17 heavy (non-hydrogen) atoms. The zero-order valence-corrected chi connectivity index (χ0v) is 11.7. The number of anilines is 2. The molecule has 0 aliphatic carbocycles. The van der Waals surface area contributed by atoms with Gasteiger partial charge < -0.3 is 10.6 Å². The van der Waals surface area contributed by atoms with Crippen LogP contribution in [-0.2, 0) is 0 Å².